The molecule has 1 heterocycles. The number of carboxylic acid groups (broad SMARTS) is 1. The average molecular weight is 261 g/mol. The Labute approximate surface area is 113 Å². The average Bonchev–Trinajstić information content (AvgIpc) is 2.36. The van der Waals surface area contributed by atoms with E-state index in [1.54, 1.807) is 6.08 Å². The van der Waals surface area contributed by atoms with Gasteiger partial charge in [0.05, 0.1) is 12.2 Å². The van der Waals surface area contributed by atoms with Crippen molar-refractivity contribution in [3.8, 4) is 0 Å². The molecule has 0 radical (unpaired) electrons. The monoisotopic (exact) mass is 261 g/mol. The van der Waals surface area contributed by atoms with Gasteiger partial charge in [0.15, 0.2) is 0 Å². The molecule has 0 saturated carbocycles. The highest BCUT2D eigenvalue weighted by atomic mass is 16.5. The summed E-state index contributed by atoms with van der Waals surface area (Å²) in [6.07, 6.45) is 3.20. The standard InChI is InChI=1S/C15H19NO3/c1-11-9-16(10-12(2)19-11)14-6-3-13(4-7-14)5-8-15(17)18/h3-8,11-12H,9-10H2,1-2H3,(H,17,18)/b8-5+. The Bertz CT molecular complexity index is 457. The van der Waals surface area contributed by atoms with Gasteiger partial charge in [-0.3, -0.25) is 0 Å². The summed E-state index contributed by atoms with van der Waals surface area (Å²) in [6, 6.07) is 7.90. The Morgan fingerprint density at radius 2 is 1.84 bits per heavy atom. The number of hydrogen-bond acceptors (Lipinski definition) is 3. The molecule has 0 bridgehead atoms. The molecule has 2 unspecified atom stereocenters. The van der Waals surface area contributed by atoms with Crippen molar-refractivity contribution in [2.24, 2.45) is 0 Å². The van der Waals surface area contributed by atoms with Gasteiger partial charge in [-0.2, -0.15) is 0 Å². The normalized spacial score (nSPS) is 23.8. The van der Waals surface area contributed by atoms with E-state index in [1.807, 2.05) is 24.3 Å². The van der Waals surface area contributed by atoms with Crippen molar-refractivity contribution in [2.75, 3.05) is 18.0 Å². The van der Waals surface area contributed by atoms with Crippen molar-refractivity contribution in [3.63, 3.8) is 0 Å². The van der Waals surface area contributed by atoms with Gasteiger partial charge in [-0.1, -0.05) is 12.1 Å². The van der Waals surface area contributed by atoms with E-state index in [0.29, 0.717) is 0 Å². The zero-order chi connectivity index (χ0) is 13.8. The highest BCUT2D eigenvalue weighted by molar-refractivity contribution is 5.85. The Morgan fingerprint density at radius 1 is 1.26 bits per heavy atom. The number of carboxylic acids is 1. The number of benzene rings is 1. The van der Waals surface area contributed by atoms with Gasteiger partial charge in [-0.05, 0) is 37.6 Å². The van der Waals surface area contributed by atoms with Gasteiger partial charge in [-0.15, -0.1) is 0 Å². The number of aliphatic carboxylic acids is 1. The van der Waals surface area contributed by atoms with Crippen LogP contribution in [0.2, 0.25) is 0 Å². The van der Waals surface area contributed by atoms with E-state index < -0.39 is 5.97 Å². The molecule has 0 aromatic heterocycles. The van der Waals surface area contributed by atoms with E-state index >= 15 is 0 Å². The maximum Gasteiger partial charge on any atom is 0.328 e. The fourth-order valence-corrected chi connectivity index (χ4v) is 2.35. The van der Waals surface area contributed by atoms with Crippen LogP contribution in [-0.2, 0) is 9.53 Å². The third-order valence-corrected chi connectivity index (χ3v) is 3.10. The van der Waals surface area contributed by atoms with Crippen molar-refractivity contribution in [3.05, 3.63) is 35.9 Å². The maximum atomic E-state index is 10.5. The third kappa shape index (κ3) is 3.83. The van der Waals surface area contributed by atoms with Gasteiger partial charge in [0.2, 0.25) is 0 Å². The van der Waals surface area contributed by atoms with Crippen molar-refractivity contribution in [1.29, 1.82) is 0 Å². The quantitative estimate of drug-likeness (QED) is 0.849. The van der Waals surface area contributed by atoms with E-state index in [2.05, 4.69) is 18.7 Å². The molecule has 2 atom stereocenters. The van der Waals surface area contributed by atoms with E-state index in [9.17, 15) is 4.79 Å². The summed E-state index contributed by atoms with van der Waals surface area (Å²) < 4.78 is 5.71. The van der Waals surface area contributed by atoms with Gasteiger partial charge < -0.3 is 14.7 Å². The summed E-state index contributed by atoms with van der Waals surface area (Å²) in [6.45, 7) is 5.92. The van der Waals surface area contributed by atoms with Gasteiger partial charge in [0, 0.05) is 24.9 Å². The number of anilines is 1. The first-order valence-electron chi connectivity index (χ1n) is 6.46. The van der Waals surface area contributed by atoms with Crippen LogP contribution in [0.4, 0.5) is 5.69 Å². The first-order chi connectivity index (χ1) is 9.04. The summed E-state index contributed by atoms with van der Waals surface area (Å²) in [4.78, 5) is 12.7. The number of morpholine rings is 1. The van der Waals surface area contributed by atoms with Crippen molar-refractivity contribution < 1.29 is 14.6 Å². The molecule has 0 aliphatic carbocycles. The highest BCUT2D eigenvalue weighted by Gasteiger charge is 2.22. The highest BCUT2D eigenvalue weighted by Crippen LogP contribution is 2.21. The molecule has 2 rings (SSSR count). The smallest absolute Gasteiger partial charge is 0.328 e. The van der Waals surface area contributed by atoms with Gasteiger partial charge in [0.1, 0.15) is 0 Å². The molecule has 102 valence electrons. The SMILES string of the molecule is CC1CN(c2ccc(/C=C/C(=O)O)cc2)CC(C)O1. The van der Waals surface area contributed by atoms with E-state index in [0.717, 1.165) is 30.4 Å². The largest absolute Gasteiger partial charge is 0.478 e. The zero-order valence-electron chi connectivity index (χ0n) is 11.2. The van der Waals surface area contributed by atoms with Crippen LogP contribution in [0.3, 0.4) is 0 Å². The molecular formula is C15H19NO3. The van der Waals surface area contributed by atoms with Crippen LogP contribution in [0.5, 0.6) is 0 Å². The van der Waals surface area contributed by atoms with Gasteiger partial charge >= 0.3 is 5.97 Å². The Kier molecular flexibility index (Phi) is 4.22. The second-order valence-corrected chi connectivity index (χ2v) is 4.93. The Balaban J connectivity index is 2.07. The topological polar surface area (TPSA) is 49.8 Å². The van der Waals surface area contributed by atoms with Crippen LogP contribution in [-0.4, -0.2) is 36.4 Å². The fourth-order valence-electron chi connectivity index (χ4n) is 2.35. The fraction of sp³-hybridized carbons (Fsp3) is 0.400. The zero-order valence-corrected chi connectivity index (χ0v) is 11.2. The third-order valence-electron chi connectivity index (χ3n) is 3.10. The molecule has 0 amide bonds. The number of carbonyl (C=O) groups is 1. The summed E-state index contributed by atoms with van der Waals surface area (Å²) in [7, 11) is 0. The molecule has 19 heavy (non-hydrogen) atoms. The van der Waals surface area contributed by atoms with Crippen molar-refractivity contribution in [1.82, 2.24) is 0 Å². The van der Waals surface area contributed by atoms with Crippen LogP contribution in [0, 0.1) is 0 Å². The second-order valence-electron chi connectivity index (χ2n) is 4.93. The van der Waals surface area contributed by atoms with E-state index in [1.165, 1.54) is 0 Å². The molecule has 0 spiro atoms. The number of hydrogen-bond donors (Lipinski definition) is 1. The van der Waals surface area contributed by atoms with Crippen LogP contribution >= 0.6 is 0 Å². The lowest BCUT2D eigenvalue weighted by atomic mass is 10.1. The van der Waals surface area contributed by atoms with Crippen LogP contribution in [0.15, 0.2) is 30.3 Å². The molecular weight excluding hydrogens is 242 g/mol. The van der Waals surface area contributed by atoms with Gasteiger partial charge in [-0.25, -0.2) is 4.79 Å². The second kappa shape index (κ2) is 5.89. The summed E-state index contributed by atoms with van der Waals surface area (Å²) in [5.41, 5.74) is 2.04. The lowest BCUT2D eigenvalue weighted by Gasteiger charge is -2.36. The summed E-state index contributed by atoms with van der Waals surface area (Å²) >= 11 is 0. The maximum absolute atomic E-state index is 10.5. The first-order valence-corrected chi connectivity index (χ1v) is 6.46. The molecule has 1 saturated heterocycles. The molecule has 1 fully saturated rings. The predicted molar refractivity (Wildman–Crippen MR) is 75.3 cm³/mol. The Morgan fingerprint density at radius 3 is 2.37 bits per heavy atom. The summed E-state index contributed by atoms with van der Waals surface area (Å²) in [5.74, 6) is -0.931. The minimum atomic E-state index is -0.931. The predicted octanol–water partition coefficient (Wildman–Crippen LogP) is 2.40. The molecule has 1 aromatic rings. The van der Waals surface area contributed by atoms with Crippen molar-refractivity contribution >= 4 is 17.7 Å². The minimum absolute atomic E-state index is 0.232. The first kappa shape index (κ1) is 13.6. The molecule has 1 N–H and O–H groups in total. The Hall–Kier alpha value is -1.81. The lowest BCUT2D eigenvalue weighted by molar-refractivity contribution is -0.131. The number of rotatable bonds is 3. The molecule has 4 nitrogen and oxygen atoms in total. The van der Waals surface area contributed by atoms with E-state index in [-0.39, 0.29) is 12.2 Å². The number of nitrogens with zero attached hydrogens (tertiary/aromatic N) is 1. The minimum Gasteiger partial charge on any atom is -0.478 e. The molecule has 1 aliphatic heterocycles. The van der Waals surface area contributed by atoms with Crippen LogP contribution < -0.4 is 4.90 Å². The van der Waals surface area contributed by atoms with Crippen molar-refractivity contribution in [2.45, 2.75) is 26.1 Å². The lowest BCUT2D eigenvalue weighted by Crippen LogP contribution is -2.45. The molecule has 1 aromatic carbocycles. The molecule has 4 heteroatoms. The summed E-state index contributed by atoms with van der Waals surface area (Å²) in [5, 5.41) is 8.58. The van der Waals surface area contributed by atoms with Crippen LogP contribution in [0.25, 0.3) is 6.08 Å². The van der Waals surface area contributed by atoms with Gasteiger partial charge in [0.25, 0.3) is 0 Å². The number of ether oxygens (including phenoxy) is 1. The molecule has 1 aliphatic rings. The van der Waals surface area contributed by atoms with Crippen LogP contribution in [0.1, 0.15) is 19.4 Å². The van der Waals surface area contributed by atoms with E-state index in [4.69, 9.17) is 9.84 Å².